The van der Waals surface area contributed by atoms with Crippen LogP contribution in [-0.4, -0.2) is 45.7 Å². The zero-order valence-corrected chi connectivity index (χ0v) is 19.5. The van der Waals surface area contributed by atoms with Crippen molar-refractivity contribution in [3.8, 4) is 11.3 Å². The Labute approximate surface area is 202 Å². The zero-order chi connectivity index (χ0) is 23.3. The number of nitrogens with one attached hydrogen (secondary N) is 3. The molecule has 34 heavy (non-hydrogen) atoms. The van der Waals surface area contributed by atoms with E-state index in [1.165, 1.54) is 11.1 Å². The van der Waals surface area contributed by atoms with Crippen LogP contribution in [0.1, 0.15) is 24.1 Å². The van der Waals surface area contributed by atoms with Crippen LogP contribution >= 0.6 is 11.8 Å². The van der Waals surface area contributed by atoms with Crippen LogP contribution in [0, 0.1) is 5.92 Å². The Hall–Kier alpha value is -3.43. The lowest BCUT2D eigenvalue weighted by atomic mass is 9.97. The Morgan fingerprint density at radius 1 is 1.15 bits per heavy atom. The van der Waals surface area contributed by atoms with E-state index in [-0.39, 0.29) is 11.1 Å². The second-order valence-electron chi connectivity index (χ2n) is 8.48. The van der Waals surface area contributed by atoms with E-state index >= 15 is 0 Å². The van der Waals surface area contributed by atoms with Crippen LogP contribution in [0.25, 0.3) is 17.3 Å². The van der Waals surface area contributed by atoms with Crippen molar-refractivity contribution in [2.24, 2.45) is 5.92 Å². The maximum atomic E-state index is 11.8. The Kier molecular flexibility index (Phi) is 6.73. The number of carbonyl (C=O) groups is 2. The molecule has 5 rings (SSSR count). The van der Waals surface area contributed by atoms with Gasteiger partial charge in [0.05, 0.1) is 10.6 Å². The standard InChI is InChI=1S/C25H26N6O2S/c32-23-22(34-25(33)30-23)14-20-6-10-28-24(29-20)31-11-7-17(8-12-31)15-26-16-18-3-1-4-19(13-18)21-5-2-9-27-21/h1-6,9-10,13-14,17,26-27H,7-8,11-12,15-16H2,(H,30,32,33). The van der Waals surface area contributed by atoms with Crippen molar-refractivity contribution in [3.05, 3.63) is 71.0 Å². The fraction of sp³-hybridized carbons (Fsp3) is 0.280. The third-order valence-electron chi connectivity index (χ3n) is 6.08. The molecule has 2 aliphatic heterocycles. The van der Waals surface area contributed by atoms with Crippen molar-refractivity contribution >= 4 is 34.9 Å². The number of hydrogen-bond donors (Lipinski definition) is 3. The molecule has 2 aromatic heterocycles. The summed E-state index contributed by atoms with van der Waals surface area (Å²) >= 11 is 0.895. The number of aromatic amines is 1. The minimum atomic E-state index is -0.375. The summed E-state index contributed by atoms with van der Waals surface area (Å²) in [5, 5.41) is 5.53. The van der Waals surface area contributed by atoms with Gasteiger partial charge < -0.3 is 15.2 Å². The molecule has 0 saturated carbocycles. The van der Waals surface area contributed by atoms with Gasteiger partial charge in [-0.3, -0.25) is 14.9 Å². The molecule has 2 fully saturated rings. The Balaban J connectivity index is 1.11. The largest absolute Gasteiger partial charge is 0.361 e. The average Bonchev–Trinajstić information content (AvgIpc) is 3.50. The van der Waals surface area contributed by atoms with Crippen LogP contribution in [0.2, 0.25) is 0 Å². The highest BCUT2D eigenvalue weighted by Gasteiger charge is 2.25. The van der Waals surface area contributed by atoms with Gasteiger partial charge in [-0.2, -0.15) is 0 Å². The van der Waals surface area contributed by atoms with Crippen molar-refractivity contribution < 1.29 is 9.59 Å². The smallest absolute Gasteiger partial charge is 0.290 e. The van der Waals surface area contributed by atoms with Gasteiger partial charge in [0.1, 0.15) is 0 Å². The SMILES string of the molecule is O=C1NC(=O)C(=Cc2ccnc(N3CCC(CNCc4cccc(-c5ccc[nH]5)c4)CC3)n2)S1. The summed E-state index contributed by atoms with van der Waals surface area (Å²) in [6.07, 6.45) is 7.41. The molecule has 8 nitrogen and oxygen atoms in total. The molecule has 1 aromatic carbocycles. The second kappa shape index (κ2) is 10.2. The monoisotopic (exact) mass is 474 g/mol. The lowest BCUT2D eigenvalue weighted by Crippen LogP contribution is -2.38. The van der Waals surface area contributed by atoms with Gasteiger partial charge in [0, 0.05) is 37.7 Å². The molecule has 9 heteroatoms. The number of thioether (sulfide) groups is 1. The van der Waals surface area contributed by atoms with Crippen LogP contribution in [0.3, 0.4) is 0 Å². The summed E-state index contributed by atoms with van der Waals surface area (Å²) in [5.41, 5.74) is 4.24. The van der Waals surface area contributed by atoms with Crippen LogP contribution in [0.4, 0.5) is 10.7 Å². The highest BCUT2D eigenvalue weighted by molar-refractivity contribution is 8.18. The lowest BCUT2D eigenvalue weighted by Gasteiger charge is -2.32. The molecule has 4 heterocycles. The van der Waals surface area contributed by atoms with Crippen LogP contribution in [0.15, 0.2) is 59.8 Å². The minimum Gasteiger partial charge on any atom is -0.361 e. The topological polar surface area (TPSA) is 103 Å². The van der Waals surface area contributed by atoms with E-state index in [9.17, 15) is 9.59 Å². The minimum absolute atomic E-state index is 0.352. The summed E-state index contributed by atoms with van der Waals surface area (Å²) in [6, 6.07) is 14.5. The van der Waals surface area contributed by atoms with Gasteiger partial charge in [0.2, 0.25) is 5.95 Å². The third-order valence-corrected chi connectivity index (χ3v) is 6.89. The van der Waals surface area contributed by atoms with Gasteiger partial charge >= 0.3 is 0 Å². The highest BCUT2D eigenvalue weighted by Crippen LogP contribution is 2.26. The molecule has 3 aromatic rings. The number of carbonyl (C=O) groups excluding carboxylic acids is 2. The number of nitrogens with zero attached hydrogens (tertiary/aromatic N) is 3. The van der Waals surface area contributed by atoms with Gasteiger partial charge in [-0.05, 0) is 78.5 Å². The fourth-order valence-electron chi connectivity index (χ4n) is 4.27. The van der Waals surface area contributed by atoms with Crippen molar-refractivity contribution in [2.75, 3.05) is 24.5 Å². The summed E-state index contributed by atoms with van der Waals surface area (Å²) in [6.45, 7) is 3.61. The number of piperidine rings is 1. The molecule has 0 unspecified atom stereocenters. The van der Waals surface area contributed by atoms with Crippen LogP contribution in [-0.2, 0) is 11.3 Å². The number of H-pyrrole nitrogens is 1. The average molecular weight is 475 g/mol. The summed E-state index contributed by atoms with van der Waals surface area (Å²) in [7, 11) is 0. The first-order valence-corrected chi connectivity index (χ1v) is 12.2. The van der Waals surface area contributed by atoms with Crippen LogP contribution in [0.5, 0.6) is 0 Å². The van der Waals surface area contributed by atoms with E-state index in [2.05, 4.69) is 60.8 Å². The third kappa shape index (κ3) is 5.37. The maximum Gasteiger partial charge on any atom is 0.290 e. The summed E-state index contributed by atoms with van der Waals surface area (Å²) < 4.78 is 0. The predicted molar refractivity (Wildman–Crippen MR) is 134 cm³/mol. The number of benzene rings is 1. The van der Waals surface area contributed by atoms with Gasteiger partial charge in [-0.1, -0.05) is 18.2 Å². The van der Waals surface area contributed by atoms with E-state index in [1.807, 2.05) is 12.3 Å². The van der Waals surface area contributed by atoms with E-state index < -0.39 is 0 Å². The quantitative estimate of drug-likeness (QED) is 0.448. The van der Waals surface area contributed by atoms with Gasteiger partial charge in [-0.25, -0.2) is 9.97 Å². The summed E-state index contributed by atoms with van der Waals surface area (Å²) in [4.78, 5) is 38.0. The fourth-order valence-corrected chi connectivity index (χ4v) is 4.93. The Morgan fingerprint density at radius 3 is 2.79 bits per heavy atom. The first-order valence-electron chi connectivity index (χ1n) is 11.4. The first kappa shape index (κ1) is 22.4. The number of imide groups is 1. The van der Waals surface area contributed by atoms with Crippen LogP contribution < -0.4 is 15.5 Å². The molecule has 0 radical (unpaired) electrons. The van der Waals surface area contributed by atoms with Crippen molar-refractivity contribution in [1.29, 1.82) is 0 Å². The maximum absolute atomic E-state index is 11.8. The molecular weight excluding hydrogens is 448 g/mol. The van der Waals surface area contributed by atoms with E-state index in [0.717, 1.165) is 56.5 Å². The summed E-state index contributed by atoms with van der Waals surface area (Å²) in [5.74, 6) is 0.897. The Bertz CT molecular complexity index is 1200. The highest BCUT2D eigenvalue weighted by atomic mass is 32.2. The van der Waals surface area contributed by atoms with E-state index in [0.29, 0.717) is 22.5 Å². The lowest BCUT2D eigenvalue weighted by molar-refractivity contribution is -0.115. The predicted octanol–water partition coefficient (Wildman–Crippen LogP) is 3.80. The normalized spacial score (nSPS) is 18.0. The molecular formula is C25H26N6O2S. The first-order chi connectivity index (χ1) is 16.6. The van der Waals surface area contributed by atoms with Crippen molar-refractivity contribution in [3.63, 3.8) is 0 Å². The van der Waals surface area contributed by atoms with Gasteiger partial charge in [0.25, 0.3) is 11.1 Å². The number of amides is 2. The van der Waals surface area contributed by atoms with E-state index in [4.69, 9.17) is 0 Å². The van der Waals surface area contributed by atoms with E-state index in [1.54, 1.807) is 18.3 Å². The number of hydrogen-bond acceptors (Lipinski definition) is 7. The molecule has 3 N–H and O–H groups in total. The second-order valence-corrected chi connectivity index (χ2v) is 9.49. The Morgan fingerprint density at radius 2 is 2.03 bits per heavy atom. The zero-order valence-electron chi connectivity index (χ0n) is 18.7. The molecule has 0 bridgehead atoms. The molecule has 174 valence electrons. The number of anilines is 1. The molecule has 2 saturated heterocycles. The van der Waals surface area contributed by atoms with Crippen molar-refractivity contribution in [2.45, 2.75) is 19.4 Å². The van der Waals surface area contributed by atoms with Gasteiger partial charge in [-0.15, -0.1) is 0 Å². The molecule has 0 aliphatic carbocycles. The number of aromatic nitrogens is 3. The molecule has 0 spiro atoms. The molecule has 0 atom stereocenters. The molecule has 2 amide bonds. The molecule has 2 aliphatic rings. The number of rotatable bonds is 7. The van der Waals surface area contributed by atoms with Gasteiger partial charge in [0.15, 0.2) is 0 Å². The van der Waals surface area contributed by atoms with Crippen molar-refractivity contribution in [1.82, 2.24) is 25.6 Å².